The van der Waals surface area contributed by atoms with E-state index in [4.69, 9.17) is 5.73 Å². The highest BCUT2D eigenvalue weighted by Gasteiger charge is 2.24. The molecule has 4 nitrogen and oxygen atoms in total. The van der Waals surface area contributed by atoms with E-state index in [9.17, 15) is 12.8 Å². The summed E-state index contributed by atoms with van der Waals surface area (Å²) in [6.07, 6.45) is 0. The predicted molar refractivity (Wildman–Crippen MR) is 80.7 cm³/mol. The van der Waals surface area contributed by atoms with Crippen molar-refractivity contribution in [2.45, 2.75) is 24.8 Å². The van der Waals surface area contributed by atoms with Crippen LogP contribution < -0.4 is 10.5 Å². The van der Waals surface area contributed by atoms with E-state index < -0.39 is 26.8 Å². The summed E-state index contributed by atoms with van der Waals surface area (Å²) in [4.78, 5) is -0.509. The molecule has 1 atom stereocenters. The van der Waals surface area contributed by atoms with Crippen LogP contribution in [0.15, 0.2) is 47.4 Å². The molecule has 0 saturated carbocycles. The van der Waals surface area contributed by atoms with Crippen molar-refractivity contribution in [2.24, 2.45) is 0 Å². The number of anilines is 1. The fraction of sp³-hybridized carbons (Fsp3) is 0.200. The lowest BCUT2D eigenvalue weighted by atomic mass is 10.0. The van der Waals surface area contributed by atoms with Crippen molar-refractivity contribution >= 4 is 15.7 Å². The molecule has 0 saturated heterocycles. The molecule has 2 aromatic carbocycles. The molecular weight excluding hydrogens is 291 g/mol. The molecule has 112 valence electrons. The average Bonchev–Trinajstić information content (AvgIpc) is 2.37. The van der Waals surface area contributed by atoms with Gasteiger partial charge < -0.3 is 5.73 Å². The molecule has 21 heavy (non-hydrogen) atoms. The first-order valence-electron chi connectivity index (χ1n) is 6.45. The highest BCUT2D eigenvalue weighted by atomic mass is 32.2. The number of hydrogen-bond acceptors (Lipinski definition) is 3. The van der Waals surface area contributed by atoms with E-state index in [2.05, 4.69) is 4.72 Å². The topological polar surface area (TPSA) is 72.2 Å². The van der Waals surface area contributed by atoms with Crippen LogP contribution in [0.2, 0.25) is 0 Å². The molecule has 3 N–H and O–H groups in total. The van der Waals surface area contributed by atoms with E-state index in [1.807, 2.05) is 31.2 Å². The second-order valence-electron chi connectivity index (χ2n) is 4.86. The van der Waals surface area contributed by atoms with Crippen molar-refractivity contribution in [2.75, 3.05) is 5.73 Å². The first-order chi connectivity index (χ1) is 9.83. The molecule has 1 unspecified atom stereocenters. The average molecular weight is 308 g/mol. The Morgan fingerprint density at radius 2 is 1.81 bits per heavy atom. The Kier molecular flexibility index (Phi) is 4.29. The minimum atomic E-state index is -4.04. The van der Waals surface area contributed by atoms with Gasteiger partial charge in [-0.15, -0.1) is 0 Å². The Morgan fingerprint density at radius 3 is 2.43 bits per heavy atom. The Labute approximate surface area is 123 Å². The van der Waals surface area contributed by atoms with E-state index in [1.54, 1.807) is 6.92 Å². The molecule has 0 aromatic heterocycles. The lowest BCUT2D eigenvalue weighted by Crippen LogP contribution is -2.28. The van der Waals surface area contributed by atoms with E-state index in [0.717, 1.165) is 17.2 Å². The number of nitrogens with one attached hydrogen (secondary N) is 1. The summed E-state index contributed by atoms with van der Waals surface area (Å²) in [6.45, 7) is 3.59. The highest BCUT2D eigenvalue weighted by Crippen LogP contribution is 2.24. The quantitative estimate of drug-likeness (QED) is 0.853. The third-order valence-electron chi connectivity index (χ3n) is 3.25. The van der Waals surface area contributed by atoms with Gasteiger partial charge in [-0.3, -0.25) is 0 Å². The zero-order valence-electron chi connectivity index (χ0n) is 11.8. The van der Waals surface area contributed by atoms with Crippen LogP contribution >= 0.6 is 0 Å². The third-order valence-corrected chi connectivity index (χ3v) is 4.89. The van der Waals surface area contributed by atoms with Gasteiger partial charge in [-0.05, 0) is 37.1 Å². The summed E-state index contributed by atoms with van der Waals surface area (Å²) < 4.78 is 40.9. The van der Waals surface area contributed by atoms with Gasteiger partial charge in [0, 0.05) is 6.04 Å². The molecule has 0 heterocycles. The van der Waals surface area contributed by atoms with Gasteiger partial charge in [0.25, 0.3) is 0 Å². The summed E-state index contributed by atoms with van der Waals surface area (Å²) in [6, 6.07) is 10.7. The molecule has 0 aliphatic rings. The number of sulfonamides is 1. The zero-order chi connectivity index (χ0) is 15.6. The summed E-state index contributed by atoms with van der Waals surface area (Å²) in [5.41, 5.74) is 7.26. The first kappa shape index (κ1) is 15.5. The molecule has 0 spiro atoms. The van der Waals surface area contributed by atoms with Crippen LogP contribution in [0.1, 0.15) is 24.1 Å². The first-order valence-corrected chi connectivity index (χ1v) is 7.93. The second-order valence-corrected chi connectivity index (χ2v) is 6.51. The number of halogens is 1. The molecule has 6 heteroatoms. The molecular formula is C15H17FN2O2S. The maximum absolute atomic E-state index is 13.8. The lowest BCUT2D eigenvalue weighted by molar-refractivity contribution is 0.548. The van der Waals surface area contributed by atoms with Gasteiger partial charge in [-0.2, -0.15) is 0 Å². The molecule has 0 aliphatic heterocycles. The number of benzene rings is 2. The summed E-state index contributed by atoms with van der Waals surface area (Å²) >= 11 is 0. The molecule has 0 amide bonds. The minimum Gasteiger partial charge on any atom is -0.398 e. The Bertz CT molecular complexity index is 740. The summed E-state index contributed by atoms with van der Waals surface area (Å²) in [5, 5.41) is 0. The predicted octanol–water partition coefficient (Wildman–Crippen LogP) is 2.76. The molecule has 0 aliphatic carbocycles. The normalized spacial score (nSPS) is 13.1. The van der Waals surface area contributed by atoms with Crippen molar-refractivity contribution < 1.29 is 12.8 Å². The van der Waals surface area contributed by atoms with Crippen molar-refractivity contribution in [3.63, 3.8) is 0 Å². The van der Waals surface area contributed by atoms with Crippen LogP contribution in [-0.4, -0.2) is 8.42 Å². The Hall–Kier alpha value is -1.92. The van der Waals surface area contributed by atoms with Crippen LogP contribution in [0.5, 0.6) is 0 Å². The largest absolute Gasteiger partial charge is 0.398 e. The van der Waals surface area contributed by atoms with Gasteiger partial charge in [0.05, 0.1) is 5.69 Å². The smallest absolute Gasteiger partial charge is 0.246 e. The summed E-state index contributed by atoms with van der Waals surface area (Å²) in [5.74, 6) is -0.862. The van der Waals surface area contributed by atoms with Gasteiger partial charge in [0.15, 0.2) is 0 Å². The van der Waals surface area contributed by atoms with Crippen molar-refractivity contribution in [3.8, 4) is 0 Å². The van der Waals surface area contributed by atoms with E-state index >= 15 is 0 Å². The maximum atomic E-state index is 13.8. The molecule has 2 aromatic rings. The fourth-order valence-corrected chi connectivity index (χ4v) is 3.65. The van der Waals surface area contributed by atoms with Crippen LogP contribution in [0, 0.1) is 12.7 Å². The van der Waals surface area contributed by atoms with Crippen LogP contribution in [0.25, 0.3) is 0 Å². The Morgan fingerprint density at radius 1 is 1.14 bits per heavy atom. The van der Waals surface area contributed by atoms with Crippen molar-refractivity contribution in [1.29, 1.82) is 0 Å². The van der Waals surface area contributed by atoms with Gasteiger partial charge >= 0.3 is 0 Å². The van der Waals surface area contributed by atoms with Crippen molar-refractivity contribution in [1.82, 2.24) is 4.72 Å². The van der Waals surface area contributed by atoms with Gasteiger partial charge in [-0.25, -0.2) is 17.5 Å². The molecule has 0 bridgehead atoms. The van der Waals surface area contributed by atoms with E-state index in [-0.39, 0.29) is 5.69 Å². The summed E-state index contributed by atoms with van der Waals surface area (Å²) in [7, 11) is -4.04. The van der Waals surface area contributed by atoms with Gasteiger partial charge in [-0.1, -0.05) is 30.3 Å². The van der Waals surface area contributed by atoms with Crippen LogP contribution in [0.4, 0.5) is 10.1 Å². The van der Waals surface area contributed by atoms with Crippen LogP contribution in [0.3, 0.4) is 0 Å². The number of nitrogens with two attached hydrogens (primary N) is 1. The minimum absolute atomic E-state index is 0.112. The number of rotatable bonds is 4. The van der Waals surface area contributed by atoms with E-state index in [1.165, 1.54) is 12.1 Å². The number of aryl methyl sites for hydroxylation is 1. The molecule has 2 rings (SSSR count). The SMILES string of the molecule is Cc1ccccc1C(C)NS(=O)(=O)c1c(N)cccc1F. The third kappa shape index (κ3) is 3.22. The molecule has 0 radical (unpaired) electrons. The highest BCUT2D eigenvalue weighted by molar-refractivity contribution is 7.89. The van der Waals surface area contributed by atoms with Crippen LogP contribution in [-0.2, 0) is 10.0 Å². The van der Waals surface area contributed by atoms with Gasteiger partial charge in [0.2, 0.25) is 10.0 Å². The number of nitrogen functional groups attached to an aromatic ring is 1. The zero-order valence-corrected chi connectivity index (χ0v) is 12.6. The molecule has 0 fully saturated rings. The van der Waals surface area contributed by atoms with Crippen molar-refractivity contribution in [3.05, 3.63) is 59.4 Å². The lowest BCUT2D eigenvalue weighted by Gasteiger charge is -2.17. The standard InChI is InChI=1S/C15H17FN2O2S/c1-10-6-3-4-7-12(10)11(2)18-21(19,20)15-13(16)8-5-9-14(15)17/h3-9,11,18H,17H2,1-2H3. The monoisotopic (exact) mass is 308 g/mol. The fourth-order valence-electron chi connectivity index (χ4n) is 2.24. The Balaban J connectivity index is 2.36. The number of hydrogen-bond donors (Lipinski definition) is 2. The van der Waals surface area contributed by atoms with Gasteiger partial charge in [0.1, 0.15) is 10.7 Å². The maximum Gasteiger partial charge on any atom is 0.246 e. The van der Waals surface area contributed by atoms with E-state index in [0.29, 0.717) is 0 Å². The second kappa shape index (κ2) is 5.83.